The molecular weight excluding hydrogens is 365 g/mol. The summed E-state index contributed by atoms with van der Waals surface area (Å²) in [6.45, 7) is 6.91. The molecule has 0 saturated heterocycles. The van der Waals surface area contributed by atoms with Gasteiger partial charge in [-0.3, -0.25) is 9.69 Å². The van der Waals surface area contributed by atoms with Crippen molar-refractivity contribution < 1.29 is 4.79 Å². The van der Waals surface area contributed by atoms with E-state index in [0.29, 0.717) is 6.54 Å². The number of carbonyl (C=O) groups is 1. The van der Waals surface area contributed by atoms with Crippen LogP contribution < -0.4 is 11.1 Å². The molecule has 0 aliphatic heterocycles. The van der Waals surface area contributed by atoms with Crippen LogP contribution in [0.3, 0.4) is 0 Å². The van der Waals surface area contributed by atoms with E-state index in [4.69, 9.17) is 5.73 Å². The van der Waals surface area contributed by atoms with Crippen molar-refractivity contribution >= 4 is 42.1 Å². The molecule has 0 radical (unpaired) electrons. The molecule has 3 N–H and O–H groups in total. The van der Waals surface area contributed by atoms with Crippen molar-refractivity contribution in [2.75, 3.05) is 19.6 Å². The molecule has 4 nitrogen and oxygen atoms in total. The second kappa shape index (κ2) is 11.3. The number of thiophene rings is 1. The van der Waals surface area contributed by atoms with Gasteiger partial charge in [-0.1, -0.05) is 33.1 Å². The van der Waals surface area contributed by atoms with Gasteiger partial charge in [-0.25, -0.2) is 0 Å². The number of nitrogens with one attached hydrogen (secondary N) is 1. The highest BCUT2D eigenvalue weighted by Gasteiger charge is 2.35. The van der Waals surface area contributed by atoms with Gasteiger partial charge in [0.05, 0.1) is 11.6 Å². The molecule has 1 fully saturated rings. The molecule has 1 atom stereocenters. The lowest BCUT2D eigenvalue weighted by atomic mass is 9.82. The highest BCUT2D eigenvalue weighted by atomic mass is 35.5. The first-order valence-corrected chi connectivity index (χ1v) is 9.38. The summed E-state index contributed by atoms with van der Waals surface area (Å²) in [5, 5.41) is 7.40. The van der Waals surface area contributed by atoms with E-state index in [1.807, 2.05) is 0 Å². The molecule has 1 heterocycles. The summed E-state index contributed by atoms with van der Waals surface area (Å²) in [7, 11) is 0. The molecule has 7 heteroatoms. The van der Waals surface area contributed by atoms with E-state index in [1.165, 1.54) is 12.0 Å². The molecule has 24 heavy (non-hydrogen) atoms. The fraction of sp³-hybridized carbons (Fsp3) is 0.706. The maximum atomic E-state index is 12.5. The van der Waals surface area contributed by atoms with Crippen molar-refractivity contribution in [3.8, 4) is 0 Å². The molecule has 1 aromatic heterocycles. The summed E-state index contributed by atoms with van der Waals surface area (Å²) < 4.78 is 0. The van der Waals surface area contributed by atoms with E-state index in [1.54, 1.807) is 11.3 Å². The number of hydrogen-bond acceptors (Lipinski definition) is 4. The van der Waals surface area contributed by atoms with Gasteiger partial charge in [-0.2, -0.15) is 11.3 Å². The Bertz CT molecular complexity index is 460. The van der Waals surface area contributed by atoms with Crippen molar-refractivity contribution in [2.45, 2.75) is 57.5 Å². The summed E-state index contributed by atoms with van der Waals surface area (Å²) in [5.41, 5.74) is 6.95. The molecule has 1 aromatic rings. The Hall–Kier alpha value is -0.330. The largest absolute Gasteiger partial charge is 0.353 e. The number of likely N-dealkylation sites (N-methyl/N-ethyl adjacent to an activating group) is 1. The van der Waals surface area contributed by atoms with Crippen molar-refractivity contribution in [2.24, 2.45) is 5.73 Å². The minimum absolute atomic E-state index is 0. The Morgan fingerprint density at radius 2 is 1.92 bits per heavy atom. The maximum Gasteiger partial charge on any atom is 0.240 e. The van der Waals surface area contributed by atoms with Gasteiger partial charge < -0.3 is 11.1 Å². The lowest BCUT2D eigenvalue weighted by Gasteiger charge is -2.34. The highest BCUT2D eigenvalue weighted by Crippen LogP contribution is 2.27. The summed E-state index contributed by atoms with van der Waals surface area (Å²) >= 11 is 1.70. The van der Waals surface area contributed by atoms with E-state index < -0.39 is 5.54 Å². The molecule has 1 aliphatic rings. The summed E-state index contributed by atoms with van der Waals surface area (Å²) in [6, 6.07) is 2.39. The van der Waals surface area contributed by atoms with Gasteiger partial charge in [0.2, 0.25) is 5.91 Å². The van der Waals surface area contributed by atoms with Crippen LogP contribution in [0.2, 0.25) is 0 Å². The molecule has 2 rings (SSSR count). The number of hydrogen-bond donors (Lipinski definition) is 2. The Morgan fingerprint density at radius 1 is 1.29 bits per heavy atom. The van der Waals surface area contributed by atoms with Crippen LogP contribution in [0.25, 0.3) is 0 Å². The lowest BCUT2D eigenvalue weighted by molar-refractivity contribution is -0.127. The van der Waals surface area contributed by atoms with Gasteiger partial charge in [0.15, 0.2) is 0 Å². The average Bonchev–Trinajstić information content (AvgIpc) is 3.06. The van der Waals surface area contributed by atoms with E-state index in [9.17, 15) is 4.79 Å². The van der Waals surface area contributed by atoms with Crippen LogP contribution in [0.5, 0.6) is 0 Å². The quantitative estimate of drug-likeness (QED) is 0.738. The van der Waals surface area contributed by atoms with Crippen molar-refractivity contribution in [1.29, 1.82) is 0 Å². The Labute approximate surface area is 162 Å². The van der Waals surface area contributed by atoms with Crippen molar-refractivity contribution in [3.05, 3.63) is 22.4 Å². The third-order valence-corrected chi connectivity index (χ3v) is 5.54. The topological polar surface area (TPSA) is 58.4 Å². The van der Waals surface area contributed by atoms with E-state index in [-0.39, 0.29) is 36.8 Å². The number of rotatable bonds is 7. The Balaban J connectivity index is 0.00000264. The zero-order chi connectivity index (χ0) is 16.0. The Morgan fingerprint density at radius 3 is 2.42 bits per heavy atom. The van der Waals surface area contributed by atoms with Crippen molar-refractivity contribution in [3.63, 3.8) is 0 Å². The van der Waals surface area contributed by atoms with Gasteiger partial charge >= 0.3 is 0 Å². The number of nitrogens with two attached hydrogens (primary N) is 1. The first-order valence-electron chi connectivity index (χ1n) is 8.44. The minimum Gasteiger partial charge on any atom is -0.353 e. The fourth-order valence-electron chi connectivity index (χ4n) is 3.36. The first kappa shape index (κ1) is 23.7. The normalized spacial score (nSPS) is 17.5. The zero-order valence-corrected chi connectivity index (χ0v) is 17.1. The van der Waals surface area contributed by atoms with Crippen LogP contribution in [-0.2, 0) is 4.79 Å². The van der Waals surface area contributed by atoms with E-state index in [0.717, 1.165) is 38.8 Å². The maximum absolute atomic E-state index is 12.5. The average molecular weight is 396 g/mol. The molecule has 0 bridgehead atoms. The minimum atomic E-state index is -0.652. The molecule has 140 valence electrons. The van der Waals surface area contributed by atoms with Crippen LogP contribution in [-0.4, -0.2) is 36.0 Å². The van der Waals surface area contributed by atoms with E-state index >= 15 is 0 Å². The van der Waals surface area contributed by atoms with Gasteiger partial charge in [0.25, 0.3) is 0 Å². The van der Waals surface area contributed by atoms with Gasteiger partial charge in [-0.05, 0) is 48.3 Å². The monoisotopic (exact) mass is 395 g/mol. The third kappa shape index (κ3) is 5.88. The molecule has 1 aliphatic carbocycles. The van der Waals surface area contributed by atoms with Crippen LogP contribution in [0.15, 0.2) is 16.8 Å². The predicted molar refractivity (Wildman–Crippen MR) is 107 cm³/mol. The zero-order valence-electron chi connectivity index (χ0n) is 14.6. The second-order valence-electron chi connectivity index (χ2n) is 6.22. The number of carbonyl (C=O) groups excluding carboxylic acids is 1. The molecule has 0 aromatic carbocycles. The molecule has 1 saturated carbocycles. The molecule has 0 spiro atoms. The molecular formula is C17H31Cl2N3OS. The van der Waals surface area contributed by atoms with Crippen LogP contribution >= 0.6 is 36.2 Å². The van der Waals surface area contributed by atoms with E-state index in [2.05, 4.69) is 40.9 Å². The Kier molecular flexibility index (Phi) is 11.2. The molecule has 1 amide bonds. The lowest BCUT2D eigenvalue weighted by Crippen LogP contribution is -2.56. The van der Waals surface area contributed by atoms with Crippen LogP contribution in [0.4, 0.5) is 0 Å². The smallest absolute Gasteiger partial charge is 0.240 e. The summed E-state index contributed by atoms with van der Waals surface area (Å²) in [4.78, 5) is 14.9. The number of amides is 1. The summed E-state index contributed by atoms with van der Waals surface area (Å²) in [5.74, 6) is 0.0274. The van der Waals surface area contributed by atoms with Gasteiger partial charge in [0.1, 0.15) is 0 Å². The fourth-order valence-corrected chi connectivity index (χ4v) is 4.07. The van der Waals surface area contributed by atoms with Crippen LogP contribution in [0.1, 0.15) is 57.6 Å². The van der Waals surface area contributed by atoms with Crippen molar-refractivity contribution in [1.82, 2.24) is 10.2 Å². The second-order valence-corrected chi connectivity index (χ2v) is 7.00. The predicted octanol–water partition coefficient (Wildman–Crippen LogP) is 3.75. The molecule has 1 unspecified atom stereocenters. The third-order valence-electron chi connectivity index (χ3n) is 4.84. The number of halogens is 2. The van der Waals surface area contributed by atoms with Gasteiger partial charge in [0, 0.05) is 6.54 Å². The van der Waals surface area contributed by atoms with Gasteiger partial charge in [-0.15, -0.1) is 24.8 Å². The first-order chi connectivity index (χ1) is 10.6. The number of nitrogens with zero attached hydrogens (tertiary/aromatic N) is 1. The highest BCUT2D eigenvalue weighted by molar-refractivity contribution is 7.07. The summed E-state index contributed by atoms with van der Waals surface area (Å²) in [6.07, 6.45) is 4.95. The SMILES string of the molecule is CCN(CC)C(CNC(=O)C1(N)CCCCC1)c1ccsc1.Cl.Cl. The standard InChI is InChI=1S/C17H29N3OS.2ClH/c1-3-20(4-2)15(14-8-11-22-13-14)12-19-16(21)17(18)9-6-5-7-10-17;;/h8,11,13,15H,3-7,9-10,12,18H2,1-2H3,(H,19,21);2*1H. The van der Waals surface area contributed by atoms with Crippen LogP contribution in [0, 0.1) is 0 Å².